The maximum absolute atomic E-state index is 14.4. The van der Waals surface area contributed by atoms with Crippen LogP contribution in [0.15, 0.2) is 60.7 Å². The van der Waals surface area contributed by atoms with Crippen LogP contribution >= 0.6 is 0 Å². The molecular weight excluding hydrogens is 583 g/mol. The quantitative estimate of drug-likeness (QED) is 0.186. The topological polar surface area (TPSA) is 25.8 Å². The molecular formula is C32H25F9N2. The zero-order chi connectivity index (χ0) is 31.9. The van der Waals surface area contributed by atoms with Gasteiger partial charge in [0.1, 0.15) is 0 Å². The minimum absolute atomic E-state index is 0.00194. The number of halogens is 9. The summed E-state index contributed by atoms with van der Waals surface area (Å²) >= 11 is 0. The molecule has 2 nitrogen and oxygen atoms in total. The Morgan fingerprint density at radius 2 is 0.907 bits per heavy atom. The molecule has 0 radical (unpaired) electrons. The molecule has 0 unspecified atom stereocenters. The Bertz CT molecular complexity index is 1740. The summed E-state index contributed by atoms with van der Waals surface area (Å²) < 4.78 is 129. The van der Waals surface area contributed by atoms with Gasteiger partial charge in [0.2, 0.25) is 0 Å². The second-order valence-electron chi connectivity index (χ2n) is 11.7. The first-order chi connectivity index (χ1) is 19.6. The number of aryl methyl sites for hydroxylation is 1. The Kier molecular flexibility index (Phi) is 6.79. The number of nitrogens with zero attached hydrogens (tertiary/aromatic N) is 2. The van der Waals surface area contributed by atoms with Gasteiger partial charge in [-0.15, -0.1) is 0 Å². The van der Waals surface area contributed by atoms with Crippen LogP contribution in [0.25, 0.3) is 22.5 Å². The highest BCUT2D eigenvalue weighted by molar-refractivity contribution is 5.71. The summed E-state index contributed by atoms with van der Waals surface area (Å²) in [6.07, 6.45) is -15.1. The standard InChI is InChI=1S/C32H25F9N2/c1-16-12-22(31(36,37)38)20-13-17(16)24-8-6-10-26(42-24)29(4,5)21-14-18(25-9-7-11-27(43-25)28(20,2)3)19(30(33,34)35)15-23(21)32(39,40)41/h6-15H,1-5H3. The molecule has 0 spiro atoms. The van der Waals surface area contributed by atoms with Crippen LogP contribution in [0, 0.1) is 6.92 Å². The van der Waals surface area contributed by atoms with Gasteiger partial charge < -0.3 is 0 Å². The van der Waals surface area contributed by atoms with Gasteiger partial charge in [-0.1, -0.05) is 39.8 Å². The first kappa shape index (κ1) is 30.6. The lowest BCUT2D eigenvalue weighted by atomic mass is 9.75. The van der Waals surface area contributed by atoms with E-state index in [2.05, 4.69) is 9.97 Å². The number of alkyl halides is 9. The van der Waals surface area contributed by atoms with Crippen molar-refractivity contribution in [2.24, 2.45) is 0 Å². The predicted molar refractivity (Wildman–Crippen MR) is 143 cm³/mol. The minimum atomic E-state index is -5.20. The van der Waals surface area contributed by atoms with Gasteiger partial charge in [0.15, 0.2) is 0 Å². The average Bonchev–Trinajstić information content (AvgIpc) is 2.90. The number of benzene rings is 2. The normalized spacial score (nSPS) is 16.0. The molecule has 43 heavy (non-hydrogen) atoms. The van der Waals surface area contributed by atoms with Gasteiger partial charge in [-0.3, -0.25) is 9.97 Å². The van der Waals surface area contributed by atoms with E-state index in [1.54, 1.807) is 0 Å². The van der Waals surface area contributed by atoms with E-state index >= 15 is 0 Å². The lowest BCUT2D eigenvalue weighted by Crippen LogP contribution is -2.28. The second-order valence-corrected chi connectivity index (χ2v) is 11.7. The zero-order valence-electron chi connectivity index (χ0n) is 23.6. The Labute approximate surface area is 241 Å². The van der Waals surface area contributed by atoms with Crippen molar-refractivity contribution in [2.45, 2.75) is 64.0 Å². The van der Waals surface area contributed by atoms with Crippen LogP contribution in [0.2, 0.25) is 0 Å². The van der Waals surface area contributed by atoms with Crippen LogP contribution in [0.4, 0.5) is 39.5 Å². The van der Waals surface area contributed by atoms with Crippen LogP contribution in [-0.2, 0) is 29.4 Å². The minimum Gasteiger partial charge on any atom is -0.252 e. The SMILES string of the molecule is Cc1cc(C(F)(F)F)c2cc1-c1cccc(n1)C(C)(C)c1cc(c(C(F)(F)F)cc1C(F)(F)F)-c1cccc(n1)C2(C)C. The van der Waals surface area contributed by atoms with Gasteiger partial charge in [-0.25, -0.2) is 0 Å². The molecule has 3 heterocycles. The van der Waals surface area contributed by atoms with E-state index in [0.29, 0.717) is 5.56 Å². The number of aromatic nitrogens is 2. The van der Waals surface area contributed by atoms with E-state index in [0.717, 1.165) is 12.1 Å². The van der Waals surface area contributed by atoms with Gasteiger partial charge in [0, 0.05) is 22.0 Å². The lowest BCUT2D eigenvalue weighted by Gasteiger charge is -2.32. The third-order valence-electron chi connectivity index (χ3n) is 8.12. The molecule has 0 atom stereocenters. The first-order valence-corrected chi connectivity index (χ1v) is 13.1. The number of rotatable bonds is 0. The highest BCUT2D eigenvalue weighted by Gasteiger charge is 2.45. The van der Waals surface area contributed by atoms with Crippen molar-refractivity contribution in [1.29, 1.82) is 0 Å². The zero-order valence-corrected chi connectivity index (χ0v) is 23.6. The summed E-state index contributed by atoms with van der Waals surface area (Å²) in [5.74, 6) is 0. The number of hydrogen-bond acceptors (Lipinski definition) is 2. The van der Waals surface area contributed by atoms with Crippen molar-refractivity contribution < 1.29 is 39.5 Å². The van der Waals surface area contributed by atoms with E-state index < -0.39 is 57.2 Å². The van der Waals surface area contributed by atoms with Crippen molar-refractivity contribution >= 4 is 0 Å². The van der Waals surface area contributed by atoms with Gasteiger partial charge in [0.25, 0.3) is 0 Å². The van der Waals surface area contributed by atoms with E-state index in [4.69, 9.17) is 0 Å². The number of hydrogen-bond donors (Lipinski definition) is 0. The van der Waals surface area contributed by atoms with Gasteiger partial charge in [-0.2, -0.15) is 39.5 Å². The van der Waals surface area contributed by atoms with Crippen molar-refractivity contribution in [2.75, 3.05) is 0 Å². The van der Waals surface area contributed by atoms with Crippen LogP contribution in [0.5, 0.6) is 0 Å². The molecule has 4 aromatic rings. The largest absolute Gasteiger partial charge is 0.417 e. The van der Waals surface area contributed by atoms with E-state index in [-0.39, 0.29) is 40.0 Å². The molecule has 0 saturated carbocycles. The molecule has 8 bridgehead atoms. The molecule has 1 aliphatic rings. The van der Waals surface area contributed by atoms with E-state index in [1.165, 1.54) is 77.1 Å². The fraction of sp³-hybridized carbons (Fsp3) is 0.312. The molecule has 1 aliphatic heterocycles. The van der Waals surface area contributed by atoms with Gasteiger partial charge >= 0.3 is 18.5 Å². The Hall–Kier alpha value is -3.89. The van der Waals surface area contributed by atoms with Crippen molar-refractivity contribution in [3.8, 4) is 22.5 Å². The molecule has 5 rings (SSSR count). The molecule has 2 aromatic heterocycles. The second kappa shape index (κ2) is 9.56. The first-order valence-electron chi connectivity index (χ1n) is 13.1. The summed E-state index contributed by atoms with van der Waals surface area (Å²) in [7, 11) is 0. The summed E-state index contributed by atoms with van der Waals surface area (Å²) in [6.45, 7) is 7.22. The summed E-state index contributed by atoms with van der Waals surface area (Å²) in [5.41, 5.74) is -7.84. The highest BCUT2D eigenvalue weighted by atomic mass is 19.4. The summed E-state index contributed by atoms with van der Waals surface area (Å²) in [5, 5.41) is 0. The van der Waals surface area contributed by atoms with Crippen LogP contribution in [0.3, 0.4) is 0 Å². The van der Waals surface area contributed by atoms with Crippen molar-refractivity contribution in [3.63, 3.8) is 0 Å². The number of pyridine rings is 2. The van der Waals surface area contributed by atoms with Crippen LogP contribution in [-0.4, -0.2) is 9.97 Å². The van der Waals surface area contributed by atoms with Crippen molar-refractivity contribution in [1.82, 2.24) is 9.97 Å². The molecule has 0 saturated heterocycles. The molecule has 0 fully saturated rings. The third-order valence-corrected chi connectivity index (χ3v) is 8.12. The molecule has 0 N–H and O–H groups in total. The lowest BCUT2D eigenvalue weighted by molar-refractivity contribution is -0.143. The number of fused-ring (bicyclic) bond motifs is 10. The average molecular weight is 609 g/mol. The fourth-order valence-corrected chi connectivity index (χ4v) is 5.67. The molecule has 11 heteroatoms. The Morgan fingerprint density at radius 1 is 0.512 bits per heavy atom. The summed E-state index contributed by atoms with van der Waals surface area (Å²) in [6, 6.07) is 11.6. The summed E-state index contributed by atoms with van der Waals surface area (Å²) in [4.78, 5) is 8.94. The molecule has 2 aromatic carbocycles. The van der Waals surface area contributed by atoms with Crippen LogP contribution in [0.1, 0.15) is 72.5 Å². The maximum atomic E-state index is 14.4. The van der Waals surface area contributed by atoms with Gasteiger partial charge in [0.05, 0.1) is 39.5 Å². The maximum Gasteiger partial charge on any atom is 0.417 e. The Morgan fingerprint density at radius 3 is 1.35 bits per heavy atom. The van der Waals surface area contributed by atoms with Crippen molar-refractivity contribution in [3.05, 3.63) is 105 Å². The third kappa shape index (κ3) is 5.16. The highest BCUT2D eigenvalue weighted by Crippen LogP contribution is 2.48. The predicted octanol–water partition coefficient (Wildman–Crippen LogP) is 10.1. The fourth-order valence-electron chi connectivity index (χ4n) is 5.67. The molecule has 0 aliphatic carbocycles. The monoisotopic (exact) mass is 608 g/mol. The van der Waals surface area contributed by atoms with Gasteiger partial charge in [-0.05, 0) is 72.1 Å². The molecule has 0 amide bonds. The Balaban J connectivity index is 2.00. The van der Waals surface area contributed by atoms with E-state index in [1.807, 2.05) is 0 Å². The van der Waals surface area contributed by atoms with Crippen LogP contribution < -0.4 is 0 Å². The molecule has 226 valence electrons. The van der Waals surface area contributed by atoms with E-state index in [9.17, 15) is 39.5 Å². The smallest absolute Gasteiger partial charge is 0.252 e.